The zero-order valence-electron chi connectivity index (χ0n) is 20.1. The third kappa shape index (κ3) is 9.65. The second-order valence-electron chi connectivity index (χ2n) is 11.0. The van der Waals surface area contributed by atoms with Gasteiger partial charge in [0.05, 0.1) is 10.8 Å². The molecule has 0 spiro atoms. The van der Waals surface area contributed by atoms with Crippen LogP contribution in [0.4, 0.5) is 0 Å². The van der Waals surface area contributed by atoms with E-state index in [0.717, 1.165) is 0 Å². The van der Waals surface area contributed by atoms with Crippen LogP contribution in [0, 0.1) is 22.7 Å². The molecule has 0 aliphatic heterocycles. The quantitative estimate of drug-likeness (QED) is 0.363. The minimum absolute atomic E-state index is 0.241. The Labute approximate surface area is 171 Å². The Kier molecular flexibility index (Phi) is 8.87. The summed E-state index contributed by atoms with van der Waals surface area (Å²) in [5, 5.41) is 8.83. The van der Waals surface area contributed by atoms with Crippen molar-refractivity contribution >= 4 is 11.9 Å². The van der Waals surface area contributed by atoms with Crippen LogP contribution in [0.15, 0.2) is 10.2 Å². The van der Waals surface area contributed by atoms with Gasteiger partial charge in [0.1, 0.15) is 0 Å². The molecule has 0 rings (SSSR count). The molecular weight excluding hydrogens is 356 g/mol. The lowest BCUT2D eigenvalue weighted by atomic mass is 9.96. The second kappa shape index (κ2) is 9.36. The van der Waals surface area contributed by atoms with E-state index in [1.54, 1.807) is 55.4 Å². The topological polar surface area (TPSA) is 77.3 Å². The normalized spacial score (nSPS) is 17.5. The van der Waals surface area contributed by atoms with E-state index in [1.807, 2.05) is 27.7 Å². The highest BCUT2D eigenvalue weighted by Crippen LogP contribution is 2.32. The molecule has 2 atom stereocenters. The second-order valence-corrected chi connectivity index (χ2v) is 11.0. The van der Waals surface area contributed by atoms with E-state index >= 15 is 0 Å². The Hall–Kier alpha value is -1.46. The molecule has 0 saturated carbocycles. The maximum atomic E-state index is 12.5. The summed E-state index contributed by atoms with van der Waals surface area (Å²) in [7, 11) is 0. The summed E-state index contributed by atoms with van der Waals surface area (Å²) in [5.74, 6) is -0.200. The summed E-state index contributed by atoms with van der Waals surface area (Å²) in [5.41, 5.74) is -3.53. The molecule has 0 radical (unpaired) electrons. The first-order valence-corrected chi connectivity index (χ1v) is 10.2. The fraction of sp³-hybridized carbons (Fsp3) is 0.909. The molecule has 0 bridgehead atoms. The van der Waals surface area contributed by atoms with Crippen LogP contribution in [0.5, 0.6) is 0 Å². The van der Waals surface area contributed by atoms with Gasteiger partial charge in [-0.2, -0.15) is 0 Å². The number of carbonyl (C=O) groups is 2. The van der Waals surface area contributed by atoms with Crippen molar-refractivity contribution in [3.05, 3.63) is 0 Å². The fourth-order valence-corrected chi connectivity index (χ4v) is 2.64. The minimum atomic E-state index is -1.12. The Bertz CT molecular complexity index is 520. The van der Waals surface area contributed by atoms with Gasteiger partial charge in [-0.15, -0.1) is 10.2 Å². The van der Waals surface area contributed by atoms with Crippen molar-refractivity contribution in [1.82, 2.24) is 0 Å². The summed E-state index contributed by atoms with van der Waals surface area (Å²) in [6.45, 7) is 22.4. The summed E-state index contributed by atoms with van der Waals surface area (Å²) in [4.78, 5) is 24.9. The van der Waals surface area contributed by atoms with Crippen molar-refractivity contribution in [3.8, 4) is 0 Å². The molecule has 6 nitrogen and oxygen atoms in total. The highest BCUT2D eigenvalue weighted by molar-refractivity contribution is 5.76. The number of carbonyl (C=O) groups excluding carboxylic acids is 2. The molecule has 0 N–H and O–H groups in total. The van der Waals surface area contributed by atoms with Crippen molar-refractivity contribution in [2.75, 3.05) is 0 Å². The standard InChI is InChI=1S/C22H42N2O4/c1-15(2)13-21(11,27-17(25)19(5,6)7)23-24-22(12,14-16(3)4)28-18(26)20(8,9)10/h15-16H,13-14H2,1-12H3. The summed E-state index contributed by atoms with van der Waals surface area (Å²) in [6, 6.07) is 0. The van der Waals surface area contributed by atoms with Crippen LogP contribution in [0.1, 0.15) is 95.9 Å². The summed E-state index contributed by atoms with van der Waals surface area (Å²) in [6.07, 6.45) is 1.03. The molecule has 0 heterocycles. The maximum absolute atomic E-state index is 12.5. The molecule has 6 heteroatoms. The van der Waals surface area contributed by atoms with E-state index in [2.05, 4.69) is 10.2 Å². The Morgan fingerprint density at radius 3 is 1.07 bits per heavy atom. The van der Waals surface area contributed by atoms with E-state index < -0.39 is 22.3 Å². The van der Waals surface area contributed by atoms with Crippen LogP contribution >= 0.6 is 0 Å². The highest BCUT2D eigenvalue weighted by atomic mass is 16.6. The van der Waals surface area contributed by atoms with E-state index in [4.69, 9.17) is 9.47 Å². The Morgan fingerprint density at radius 1 is 0.643 bits per heavy atom. The number of esters is 2. The SMILES string of the molecule is CC(C)CC(C)(N=NC(C)(CC(C)C)OC(=O)C(C)(C)C)OC(=O)C(C)(C)C. The van der Waals surface area contributed by atoms with Crippen molar-refractivity contribution in [1.29, 1.82) is 0 Å². The van der Waals surface area contributed by atoms with Gasteiger partial charge in [-0.05, 0) is 67.2 Å². The maximum Gasteiger partial charge on any atom is 0.313 e. The summed E-state index contributed by atoms with van der Waals surface area (Å²) >= 11 is 0. The third-order valence-corrected chi connectivity index (χ3v) is 3.90. The van der Waals surface area contributed by atoms with Gasteiger partial charge in [0.2, 0.25) is 11.4 Å². The molecule has 0 amide bonds. The van der Waals surface area contributed by atoms with Gasteiger partial charge in [-0.1, -0.05) is 27.7 Å². The largest absolute Gasteiger partial charge is 0.435 e. The van der Waals surface area contributed by atoms with Crippen LogP contribution in [0.25, 0.3) is 0 Å². The first-order chi connectivity index (χ1) is 12.3. The molecule has 28 heavy (non-hydrogen) atoms. The first kappa shape index (κ1) is 26.5. The van der Waals surface area contributed by atoms with Crippen LogP contribution < -0.4 is 0 Å². The van der Waals surface area contributed by atoms with Crippen molar-refractivity contribution in [2.24, 2.45) is 32.9 Å². The van der Waals surface area contributed by atoms with Gasteiger partial charge >= 0.3 is 11.9 Å². The number of rotatable bonds is 8. The summed E-state index contributed by atoms with van der Waals surface area (Å²) < 4.78 is 11.5. The Morgan fingerprint density at radius 2 is 0.893 bits per heavy atom. The zero-order valence-corrected chi connectivity index (χ0v) is 20.1. The van der Waals surface area contributed by atoms with Crippen molar-refractivity contribution in [3.63, 3.8) is 0 Å². The number of hydrogen-bond acceptors (Lipinski definition) is 6. The van der Waals surface area contributed by atoms with Crippen LogP contribution in [-0.4, -0.2) is 23.4 Å². The van der Waals surface area contributed by atoms with Crippen molar-refractivity contribution < 1.29 is 19.1 Å². The van der Waals surface area contributed by atoms with E-state index in [1.165, 1.54) is 0 Å². The molecule has 0 aliphatic rings. The van der Waals surface area contributed by atoms with Crippen LogP contribution in [0.3, 0.4) is 0 Å². The van der Waals surface area contributed by atoms with Gasteiger partial charge < -0.3 is 9.47 Å². The predicted molar refractivity (Wildman–Crippen MR) is 112 cm³/mol. The lowest BCUT2D eigenvalue weighted by molar-refractivity contribution is -0.175. The van der Waals surface area contributed by atoms with Crippen molar-refractivity contribution in [2.45, 2.75) is 107 Å². The molecular formula is C22H42N2O4. The Balaban J connectivity index is 5.82. The predicted octanol–water partition coefficient (Wildman–Crippen LogP) is 6.14. The molecule has 2 unspecified atom stereocenters. The van der Waals surface area contributed by atoms with E-state index in [0.29, 0.717) is 12.8 Å². The molecule has 0 fully saturated rings. The molecule has 0 aromatic heterocycles. The number of hydrogen-bond donors (Lipinski definition) is 0. The number of ether oxygens (including phenoxy) is 2. The van der Waals surface area contributed by atoms with Gasteiger partial charge in [0, 0.05) is 12.8 Å². The first-order valence-electron chi connectivity index (χ1n) is 10.2. The lowest BCUT2D eigenvalue weighted by Crippen LogP contribution is -2.39. The average molecular weight is 399 g/mol. The smallest absolute Gasteiger partial charge is 0.313 e. The number of azo groups is 1. The van der Waals surface area contributed by atoms with Gasteiger partial charge in [-0.3, -0.25) is 9.59 Å². The molecule has 0 saturated heterocycles. The molecule has 164 valence electrons. The van der Waals surface area contributed by atoms with E-state index in [9.17, 15) is 9.59 Å². The van der Waals surface area contributed by atoms with Gasteiger partial charge in [0.15, 0.2) is 0 Å². The molecule has 0 aliphatic carbocycles. The monoisotopic (exact) mass is 398 g/mol. The molecule has 0 aromatic rings. The molecule has 0 aromatic carbocycles. The minimum Gasteiger partial charge on any atom is -0.435 e. The lowest BCUT2D eigenvalue weighted by Gasteiger charge is -2.33. The third-order valence-electron chi connectivity index (χ3n) is 3.90. The zero-order chi connectivity index (χ0) is 22.6. The van der Waals surface area contributed by atoms with Gasteiger partial charge in [0.25, 0.3) is 0 Å². The van der Waals surface area contributed by atoms with Gasteiger partial charge in [-0.25, -0.2) is 0 Å². The van der Waals surface area contributed by atoms with Crippen LogP contribution in [-0.2, 0) is 19.1 Å². The number of nitrogens with zero attached hydrogens (tertiary/aromatic N) is 2. The average Bonchev–Trinajstić information content (AvgIpc) is 2.41. The van der Waals surface area contributed by atoms with E-state index in [-0.39, 0.29) is 23.8 Å². The van der Waals surface area contributed by atoms with Crippen LogP contribution in [0.2, 0.25) is 0 Å². The fourth-order valence-electron chi connectivity index (χ4n) is 2.64. The highest BCUT2D eigenvalue weighted by Gasteiger charge is 2.38.